The summed E-state index contributed by atoms with van der Waals surface area (Å²) in [6.45, 7) is 13.8. The number of rotatable bonds is 3. The molecule has 0 unspecified atom stereocenters. The molecule has 1 aromatic rings. The predicted molar refractivity (Wildman–Crippen MR) is 103 cm³/mol. The molecule has 118 valence electrons. The number of nitrogens with zero attached hydrogens (tertiary/aromatic N) is 2. The van der Waals surface area contributed by atoms with Gasteiger partial charge in [0.15, 0.2) is 10.3 Å². The van der Waals surface area contributed by atoms with Crippen molar-refractivity contribution in [2.75, 3.05) is 18.0 Å². The minimum absolute atomic E-state index is 0.112. The van der Waals surface area contributed by atoms with Gasteiger partial charge in [0.25, 0.3) is 0 Å². The van der Waals surface area contributed by atoms with E-state index in [4.69, 9.17) is 17.2 Å². The van der Waals surface area contributed by atoms with Gasteiger partial charge in [0.1, 0.15) is 0 Å². The molecule has 1 N–H and O–H groups in total. The smallest absolute Gasteiger partial charge is 0.179 e. The molecule has 1 heterocycles. The Labute approximate surface area is 142 Å². The summed E-state index contributed by atoms with van der Waals surface area (Å²) in [4.78, 5) is 6.73. The van der Waals surface area contributed by atoms with E-state index in [1.807, 2.05) is 4.90 Å². The number of anilines is 1. The zero-order valence-corrected chi connectivity index (χ0v) is 15.3. The number of thioether (sulfide) groups is 1. The highest BCUT2D eigenvalue weighted by Crippen LogP contribution is 2.35. The zero-order chi connectivity index (χ0) is 16.3. The molecule has 3 nitrogen and oxygen atoms in total. The van der Waals surface area contributed by atoms with Gasteiger partial charge in [-0.25, -0.2) is 0 Å². The third kappa shape index (κ3) is 3.90. The van der Waals surface area contributed by atoms with Gasteiger partial charge in [-0.2, -0.15) is 0 Å². The van der Waals surface area contributed by atoms with Crippen LogP contribution in [0.1, 0.15) is 25.0 Å². The van der Waals surface area contributed by atoms with Crippen LogP contribution in [-0.4, -0.2) is 28.1 Å². The van der Waals surface area contributed by atoms with Crippen molar-refractivity contribution in [1.82, 2.24) is 5.32 Å². The Kier molecular flexibility index (Phi) is 5.29. The Bertz CT molecular complexity index is 620. The minimum Gasteiger partial charge on any atom is -0.358 e. The lowest BCUT2D eigenvalue weighted by Crippen LogP contribution is -2.42. The Morgan fingerprint density at radius 1 is 1.45 bits per heavy atom. The number of nitrogens with one attached hydrogen (secondary N) is 1. The van der Waals surface area contributed by atoms with Gasteiger partial charge in [-0.3, -0.25) is 9.89 Å². The van der Waals surface area contributed by atoms with Crippen LogP contribution in [-0.2, 0) is 0 Å². The van der Waals surface area contributed by atoms with Gasteiger partial charge < -0.3 is 5.32 Å². The molecule has 0 atom stereocenters. The average Bonchev–Trinajstić information content (AvgIpc) is 2.80. The van der Waals surface area contributed by atoms with Crippen LogP contribution in [0.5, 0.6) is 0 Å². The largest absolute Gasteiger partial charge is 0.358 e. The van der Waals surface area contributed by atoms with Crippen LogP contribution >= 0.6 is 24.0 Å². The molecule has 0 fully saturated rings. The van der Waals surface area contributed by atoms with Crippen LogP contribution in [0, 0.1) is 13.8 Å². The van der Waals surface area contributed by atoms with Gasteiger partial charge in [0, 0.05) is 11.3 Å². The van der Waals surface area contributed by atoms with E-state index in [1.165, 1.54) is 11.1 Å². The van der Waals surface area contributed by atoms with Crippen LogP contribution in [0.2, 0.25) is 0 Å². The van der Waals surface area contributed by atoms with Crippen molar-refractivity contribution in [2.24, 2.45) is 4.99 Å². The lowest BCUT2D eigenvalue weighted by Gasteiger charge is -2.27. The van der Waals surface area contributed by atoms with Gasteiger partial charge in [-0.05, 0) is 63.2 Å². The van der Waals surface area contributed by atoms with Gasteiger partial charge >= 0.3 is 0 Å². The van der Waals surface area contributed by atoms with E-state index in [0.717, 1.165) is 17.4 Å². The number of aliphatic imine (C=N–C) groups is 1. The first-order chi connectivity index (χ1) is 10.3. The fraction of sp³-hybridized carbons (Fsp3) is 0.412. The predicted octanol–water partition coefficient (Wildman–Crippen LogP) is 4.05. The molecule has 0 radical (unpaired) electrons. The maximum atomic E-state index is 5.58. The van der Waals surface area contributed by atoms with E-state index >= 15 is 0 Å². The second-order valence-electron chi connectivity index (χ2n) is 6.04. The SMILES string of the molecule is C=CCNC(=S)N(C1=NCC(C)(C)S1)c1ccc(C)c(C)c1. The molecule has 5 heteroatoms. The van der Waals surface area contributed by atoms with E-state index in [1.54, 1.807) is 17.8 Å². The first-order valence-electron chi connectivity index (χ1n) is 7.33. The highest BCUT2D eigenvalue weighted by molar-refractivity contribution is 8.15. The molecule has 0 amide bonds. The summed E-state index contributed by atoms with van der Waals surface area (Å²) in [7, 11) is 0. The summed E-state index contributed by atoms with van der Waals surface area (Å²) >= 11 is 7.35. The highest BCUT2D eigenvalue weighted by Gasteiger charge is 2.32. The molecule has 1 aromatic carbocycles. The van der Waals surface area contributed by atoms with Crippen molar-refractivity contribution < 1.29 is 0 Å². The fourth-order valence-corrected chi connectivity index (χ4v) is 3.48. The average molecular weight is 334 g/mol. The number of hydrogen-bond donors (Lipinski definition) is 1. The summed E-state index contributed by atoms with van der Waals surface area (Å²) in [5.41, 5.74) is 3.57. The zero-order valence-electron chi connectivity index (χ0n) is 13.6. The van der Waals surface area contributed by atoms with E-state index in [2.05, 4.69) is 57.8 Å². The molecule has 22 heavy (non-hydrogen) atoms. The van der Waals surface area contributed by atoms with Crippen LogP contribution in [0.4, 0.5) is 5.69 Å². The summed E-state index contributed by atoms with van der Waals surface area (Å²) < 4.78 is 0.112. The maximum absolute atomic E-state index is 5.58. The van der Waals surface area contributed by atoms with Gasteiger partial charge in [0.05, 0.1) is 12.2 Å². The van der Waals surface area contributed by atoms with Gasteiger partial charge in [-0.1, -0.05) is 23.9 Å². The molecule has 1 aliphatic heterocycles. The summed E-state index contributed by atoms with van der Waals surface area (Å²) in [5, 5.41) is 4.83. The third-order valence-corrected chi connectivity index (χ3v) is 5.01. The summed E-state index contributed by atoms with van der Waals surface area (Å²) in [6, 6.07) is 6.38. The van der Waals surface area contributed by atoms with Crippen molar-refractivity contribution >= 4 is 39.9 Å². The second kappa shape index (κ2) is 6.84. The molecule has 2 rings (SSSR count). The molecule has 0 saturated heterocycles. The molecule has 0 aliphatic carbocycles. The lowest BCUT2D eigenvalue weighted by molar-refractivity contribution is 0.741. The topological polar surface area (TPSA) is 27.6 Å². The van der Waals surface area contributed by atoms with Crippen molar-refractivity contribution in [3.05, 3.63) is 42.0 Å². The van der Waals surface area contributed by atoms with Crippen molar-refractivity contribution in [3.63, 3.8) is 0 Å². The van der Waals surface area contributed by atoms with Crippen LogP contribution < -0.4 is 10.2 Å². The molecular weight excluding hydrogens is 310 g/mol. The van der Waals surface area contributed by atoms with E-state index in [0.29, 0.717) is 11.7 Å². The minimum atomic E-state index is 0.112. The lowest BCUT2D eigenvalue weighted by atomic mass is 10.1. The molecule has 0 bridgehead atoms. The number of amidine groups is 1. The van der Waals surface area contributed by atoms with Crippen molar-refractivity contribution in [2.45, 2.75) is 32.4 Å². The number of thiocarbonyl (C=S) groups is 1. The normalized spacial score (nSPS) is 16.1. The molecule has 0 spiro atoms. The summed E-state index contributed by atoms with van der Waals surface area (Å²) in [6.07, 6.45) is 1.80. The number of benzene rings is 1. The van der Waals surface area contributed by atoms with Gasteiger partial charge in [-0.15, -0.1) is 6.58 Å². The molecular formula is C17H23N3S2. The Morgan fingerprint density at radius 3 is 2.73 bits per heavy atom. The third-order valence-electron chi connectivity index (χ3n) is 3.50. The van der Waals surface area contributed by atoms with Crippen molar-refractivity contribution in [1.29, 1.82) is 0 Å². The molecule has 0 saturated carbocycles. The standard InChI is InChI=1S/C17H23N3S2/c1-6-9-18-15(21)20(16-19-11-17(4,5)22-16)14-8-7-12(2)13(3)10-14/h6-8,10H,1,9,11H2,2-5H3,(H,18,21). The van der Waals surface area contributed by atoms with Crippen LogP contribution in [0.3, 0.4) is 0 Å². The van der Waals surface area contributed by atoms with Gasteiger partial charge in [0.2, 0.25) is 0 Å². The fourth-order valence-electron chi connectivity index (χ4n) is 2.10. The first kappa shape index (κ1) is 17.0. The van der Waals surface area contributed by atoms with Crippen LogP contribution in [0.15, 0.2) is 35.8 Å². The Balaban J connectivity index is 2.35. The second-order valence-corrected chi connectivity index (χ2v) is 8.10. The maximum Gasteiger partial charge on any atom is 0.179 e. The van der Waals surface area contributed by atoms with E-state index < -0.39 is 0 Å². The van der Waals surface area contributed by atoms with E-state index in [9.17, 15) is 0 Å². The molecule has 0 aromatic heterocycles. The van der Waals surface area contributed by atoms with Crippen LogP contribution in [0.25, 0.3) is 0 Å². The quantitative estimate of drug-likeness (QED) is 0.667. The highest BCUT2D eigenvalue weighted by atomic mass is 32.2. The molecule has 1 aliphatic rings. The number of hydrogen-bond acceptors (Lipinski definition) is 3. The van der Waals surface area contributed by atoms with Crippen molar-refractivity contribution in [3.8, 4) is 0 Å². The summed E-state index contributed by atoms with van der Waals surface area (Å²) in [5.74, 6) is 0. The van der Waals surface area contributed by atoms with E-state index in [-0.39, 0.29) is 4.75 Å². The first-order valence-corrected chi connectivity index (χ1v) is 8.56. The monoisotopic (exact) mass is 333 g/mol. The Hall–Kier alpha value is -1.33. The Morgan fingerprint density at radius 2 is 2.18 bits per heavy atom. The number of aryl methyl sites for hydroxylation is 2.